The lowest BCUT2D eigenvalue weighted by Gasteiger charge is -2.12. The molecule has 0 saturated heterocycles. The summed E-state index contributed by atoms with van der Waals surface area (Å²) >= 11 is 0. The van der Waals surface area contributed by atoms with Crippen molar-refractivity contribution in [3.63, 3.8) is 0 Å². The number of hydrogen-bond donors (Lipinski definition) is 1. The van der Waals surface area contributed by atoms with Crippen LogP contribution in [0.4, 0.5) is 24.5 Å². The van der Waals surface area contributed by atoms with Crippen molar-refractivity contribution in [1.29, 1.82) is 0 Å². The summed E-state index contributed by atoms with van der Waals surface area (Å²) in [7, 11) is 0. The largest absolute Gasteiger partial charge is 0.418 e. The highest BCUT2D eigenvalue weighted by Crippen LogP contribution is 2.35. The number of halogens is 3. The van der Waals surface area contributed by atoms with Gasteiger partial charge >= 0.3 is 6.18 Å². The first-order valence-corrected chi connectivity index (χ1v) is 7.28. The van der Waals surface area contributed by atoms with Crippen LogP contribution in [0.5, 0.6) is 0 Å². The first-order valence-electron chi connectivity index (χ1n) is 7.28. The van der Waals surface area contributed by atoms with Gasteiger partial charge in [-0.3, -0.25) is 19.9 Å². The van der Waals surface area contributed by atoms with Crippen molar-refractivity contribution >= 4 is 28.2 Å². The van der Waals surface area contributed by atoms with Gasteiger partial charge in [0.1, 0.15) is 0 Å². The number of rotatable bonds is 3. The first kappa shape index (κ1) is 17.3. The number of carbonyl (C=O) groups is 1. The van der Waals surface area contributed by atoms with Crippen LogP contribution < -0.4 is 5.32 Å². The average Bonchev–Trinajstić information content (AvgIpc) is 2.60. The number of non-ortho nitro benzene ring substituents is 1. The predicted octanol–water partition coefficient (Wildman–Crippen LogP) is 4.41. The highest BCUT2D eigenvalue weighted by Gasteiger charge is 2.33. The number of hydrogen-bond acceptors (Lipinski definition) is 4. The number of nitrogens with one attached hydrogen (secondary N) is 1. The molecule has 3 aromatic rings. The number of amides is 1. The monoisotopic (exact) mass is 361 g/mol. The summed E-state index contributed by atoms with van der Waals surface area (Å²) in [5.41, 5.74) is -1.06. The smallest absolute Gasteiger partial charge is 0.321 e. The minimum atomic E-state index is -4.58. The molecule has 0 radical (unpaired) electrons. The Morgan fingerprint density at radius 1 is 1.08 bits per heavy atom. The fourth-order valence-corrected chi connectivity index (χ4v) is 2.44. The van der Waals surface area contributed by atoms with Crippen molar-refractivity contribution in [3.05, 3.63) is 76.0 Å². The molecule has 0 aliphatic rings. The number of fused-ring (bicyclic) bond motifs is 1. The molecular weight excluding hydrogens is 351 g/mol. The molecule has 9 heteroatoms. The van der Waals surface area contributed by atoms with Gasteiger partial charge in [0.25, 0.3) is 11.6 Å². The van der Waals surface area contributed by atoms with E-state index < -0.39 is 22.6 Å². The second kappa shape index (κ2) is 6.43. The van der Waals surface area contributed by atoms with E-state index in [0.29, 0.717) is 0 Å². The predicted molar refractivity (Wildman–Crippen MR) is 87.8 cm³/mol. The summed E-state index contributed by atoms with van der Waals surface area (Å²) in [5, 5.41) is 13.3. The van der Waals surface area contributed by atoms with Gasteiger partial charge in [-0.15, -0.1) is 0 Å². The minimum Gasteiger partial charge on any atom is -0.321 e. The molecule has 0 atom stereocenters. The van der Waals surface area contributed by atoms with Crippen LogP contribution >= 0.6 is 0 Å². The Kier molecular flexibility index (Phi) is 4.29. The maximum absolute atomic E-state index is 13.1. The van der Waals surface area contributed by atoms with Crippen LogP contribution in [0.3, 0.4) is 0 Å². The van der Waals surface area contributed by atoms with E-state index >= 15 is 0 Å². The molecule has 0 unspecified atom stereocenters. The van der Waals surface area contributed by atoms with Crippen LogP contribution in [0, 0.1) is 10.1 Å². The van der Waals surface area contributed by atoms with Gasteiger partial charge in [0, 0.05) is 29.3 Å². The molecule has 0 aliphatic carbocycles. The van der Waals surface area contributed by atoms with Crippen molar-refractivity contribution in [1.82, 2.24) is 4.98 Å². The van der Waals surface area contributed by atoms with Gasteiger partial charge in [-0.25, -0.2) is 0 Å². The van der Waals surface area contributed by atoms with Gasteiger partial charge in [0.2, 0.25) is 0 Å². The van der Waals surface area contributed by atoms with E-state index in [1.807, 2.05) is 0 Å². The van der Waals surface area contributed by atoms with Crippen molar-refractivity contribution < 1.29 is 22.9 Å². The quantitative estimate of drug-likeness (QED) is 0.553. The van der Waals surface area contributed by atoms with Crippen molar-refractivity contribution in [2.24, 2.45) is 0 Å². The van der Waals surface area contributed by atoms with Crippen molar-refractivity contribution in [2.75, 3.05) is 5.32 Å². The highest BCUT2D eigenvalue weighted by molar-refractivity contribution is 6.09. The number of nitro benzene ring substituents is 1. The zero-order valence-corrected chi connectivity index (χ0v) is 12.9. The molecule has 0 fully saturated rings. The number of benzene rings is 2. The fraction of sp³-hybridized carbons (Fsp3) is 0.0588. The van der Waals surface area contributed by atoms with E-state index in [1.54, 1.807) is 0 Å². The second-order valence-electron chi connectivity index (χ2n) is 5.32. The molecule has 1 heterocycles. The normalized spacial score (nSPS) is 11.3. The zero-order valence-electron chi connectivity index (χ0n) is 12.9. The maximum Gasteiger partial charge on any atom is 0.418 e. The SMILES string of the molecule is O=C(Nc1ccnc2c(C(F)(F)F)cccc12)c1ccc([N+](=O)[O-])cc1. The summed E-state index contributed by atoms with van der Waals surface area (Å²) in [6.07, 6.45) is -3.41. The number of nitro groups is 1. The molecule has 0 saturated carbocycles. The number of anilines is 1. The molecule has 0 bridgehead atoms. The topological polar surface area (TPSA) is 85.1 Å². The van der Waals surface area contributed by atoms with Crippen molar-refractivity contribution in [3.8, 4) is 0 Å². The number of para-hydroxylation sites is 1. The third kappa shape index (κ3) is 3.32. The van der Waals surface area contributed by atoms with Gasteiger partial charge in [-0.1, -0.05) is 12.1 Å². The van der Waals surface area contributed by atoms with E-state index in [0.717, 1.165) is 6.07 Å². The molecule has 1 amide bonds. The Labute approximate surface area is 144 Å². The third-order valence-corrected chi connectivity index (χ3v) is 3.66. The molecule has 0 aliphatic heterocycles. The molecule has 1 aromatic heterocycles. The fourth-order valence-electron chi connectivity index (χ4n) is 2.44. The Morgan fingerprint density at radius 2 is 1.77 bits per heavy atom. The van der Waals surface area contributed by atoms with Crippen LogP contribution in [0.25, 0.3) is 10.9 Å². The van der Waals surface area contributed by atoms with Crippen LogP contribution in [0.1, 0.15) is 15.9 Å². The van der Waals surface area contributed by atoms with Gasteiger partial charge in [-0.05, 0) is 24.3 Å². The van der Waals surface area contributed by atoms with Crippen LogP contribution in [0.15, 0.2) is 54.7 Å². The Balaban J connectivity index is 1.96. The van der Waals surface area contributed by atoms with Crippen molar-refractivity contribution in [2.45, 2.75) is 6.18 Å². The van der Waals surface area contributed by atoms with Crippen LogP contribution in [-0.4, -0.2) is 15.8 Å². The summed E-state index contributed by atoms with van der Waals surface area (Å²) in [6.45, 7) is 0. The van der Waals surface area contributed by atoms with E-state index in [2.05, 4.69) is 10.3 Å². The summed E-state index contributed by atoms with van der Waals surface area (Å²) in [6, 6.07) is 9.80. The molecule has 3 rings (SSSR count). The summed E-state index contributed by atoms with van der Waals surface area (Å²) < 4.78 is 39.3. The maximum atomic E-state index is 13.1. The lowest BCUT2D eigenvalue weighted by Crippen LogP contribution is -2.13. The molecule has 26 heavy (non-hydrogen) atoms. The average molecular weight is 361 g/mol. The molecular formula is C17H10F3N3O3. The lowest BCUT2D eigenvalue weighted by molar-refractivity contribution is -0.384. The minimum absolute atomic E-state index is 0.132. The van der Waals surface area contributed by atoms with Crippen LogP contribution in [0.2, 0.25) is 0 Å². The molecule has 0 spiro atoms. The number of pyridine rings is 1. The molecule has 132 valence electrons. The summed E-state index contributed by atoms with van der Waals surface area (Å²) in [5.74, 6) is -0.607. The second-order valence-corrected chi connectivity index (χ2v) is 5.32. The Morgan fingerprint density at radius 3 is 2.38 bits per heavy atom. The number of alkyl halides is 3. The lowest BCUT2D eigenvalue weighted by atomic mass is 10.1. The zero-order chi connectivity index (χ0) is 18.9. The summed E-state index contributed by atoms with van der Waals surface area (Å²) in [4.78, 5) is 26.1. The van der Waals surface area contributed by atoms with Gasteiger partial charge < -0.3 is 5.32 Å². The first-order chi connectivity index (χ1) is 12.3. The number of carbonyl (C=O) groups excluding carboxylic acids is 1. The number of nitrogens with zero attached hydrogens (tertiary/aromatic N) is 2. The number of aromatic nitrogens is 1. The molecule has 1 N–H and O–H groups in total. The van der Waals surface area contributed by atoms with Gasteiger partial charge in [0.15, 0.2) is 0 Å². The van der Waals surface area contributed by atoms with E-state index in [-0.39, 0.29) is 27.8 Å². The standard InChI is InChI=1S/C17H10F3N3O3/c18-17(19,20)13-3-1-2-12-14(8-9-21-15(12)13)22-16(24)10-4-6-11(7-5-10)23(25)26/h1-9H,(H,21,22,24). The molecule has 2 aromatic carbocycles. The highest BCUT2D eigenvalue weighted by atomic mass is 19.4. The van der Waals surface area contributed by atoms with E-state index in [1.165, 1.54) is 48.7 Å². The van der Waals surface area contributed by atoms with Crippen LogP contribution in [-0.2, 0) is 6.18 Å². The Bertz CT molecular complexity index is 1000. The third-order valence-electron chi connectivity index (χ3n) is 3.66. The molecule has 6 nitrogen and oxygen atoms in total. The van der Waals surface area contributed by atoms with E-state index in [9.17, 15) is 28.1 Å². The van der Waals surface area contributed by atoms with E-state index in [4.69, 9.17) is 0 Å². The van der Waals surface area contributed by atoms with Gasteiger partial charge in [0.05, 0.1) is 21.7 Å². The Hall–Kier alpha value is -3.49. The van der Waals surface area contributed by atoms with Gasteiger partial charge in [-0.2, -0.15) is 13.2 Å².